The average molecular weight is 505 g/mol. The molecular weight excluding hydrogens is 489 g/mol. The van der Waals surface area contributed by atoms with E-state index < -0.39 is 34.8 Å². The van der Waals surface area contributed by atoms with Crippen molar-refractivity contribution in [3.8, 4) is 11.5 Å². The van der Waals surface area contributed by atoms with Gasteiger partial charge in [-0.25, -0.2) is 0 Å². The first-order valence-electron chi connectivity index (χ1n) is 8.53. The first kappa shape index (κ1) is 22.3. The third kappa shape index (κ3) is 3.84. The largest absolute Gasteiger partial charge is 0.503 e. The summed E-state index contributed by atoms with van der Waals surface area (Å²) in [6.07, 6.45) is -5.23. The number of phenols is 1. The van der Waals surface area contributed by atoms with Crippen LogP contribution in [0.1, 0.15) is 22.0 Å². The van der Waals surface area contributed by atoms with Crippen LogP contribution in [0.2, 0.25) is 0 Å². The van der Waals surface area contributed by atoms with Gasteiger partial charge in [0, 0.05) is 5.56 Å². The van der Waals surface area contributed by atoms with Gasteiger partial charge in [-0.1, -0.05) is 30.3 Å². The van der Waals surface area contributed by atoms with Gasteiger partial charge in [0.15, 0.2) is 22.4 Å². The Kier molecular flexibility index (Phi) is 5.99. The standard InChI is InChI=1S/C19H16BrF3N2O4S/c1-29-12-8-10(7-11(20)16(12)27)14-13(15(26)9-5-3-2-4-6-9)18(28,19(21,22)23)25-17(30)24-14/h2-8,13-14,27-28H,1H3,(H2,24,25,30)/t13-,14-,18+/m1/s1. The van der Waals surface area contributed by atoms with E-state index in [9.17, 15) is 28.2 Å². The van der Waals surface area contributed by atoms with Crippen molar-refractivity contribution in [3.05, 3.63) is 58.1 Å². The molecule has 3 atom stereocenters. The summed E-state index contributed by atoms with van der Waals surface area (Å²) in [6.45, 7) is 0. The van der Waals surface area contributed by atoms with E-state index in [0.717, 1.165) is 0 Å². The van der Waals surface area contributed by atoms with Crippen LogP contribution in [0.3, 0.4) is 0 Å². The van der Waals surface area contributed by atoms with Gasteiger partial charge in [0.1, 0.15) is 5.92 Å². The number of Topliss-reactive ketones (excluding diaryl/α,β-unsaturated/α-hetero) is 1. The number of ketones is 1. The van der Waals surface area contributed by atoms with Gasteiger partial charge in [-0.3, -0.25) is 4.79 Å². The Bertz CT molecular complexity index is 990. The Hall–Kier alpha value is -2.37. The molecule has 30 heavy (non-hydrogen) atoms. The zero-order valence-corrected chi connectivity index (χ0v) is 17.7. The number of aliphatic hydroxyl groups is 1. The minimum absolute atomic E-state index is 0.0172. The number of thiocarbonyl (C=S) groups is 1. The fourth-order valence-electron chi connectivity index (χ4n) is 3.33. The molecule has 2 aromatic carbocycles. The number of alkyl halides is 3. The van der Waals surface area contributed by atoms with Crippen LogP contribution in [0, 0.1) is 5.92 Å². The number of carbonyl (C=O) groups is 1. The summed E-state index contributed by atoms with van der Waals surface area (Å²) >= 11 is 8.00. The average Bonchev–Trinajstić information content (AvgIpc) is 2.68. The second kappa shape index (κ2) is 8.05. The van der Waals surface area contributed by atoms with Gasteiger partial charge in [0.05, 0.1) is 17.6 Å². The number of methoxy groups -OCH3 is 1. The summed E-state index contributed by atoms with van der Waals surface area (Å²) in [6, 6.07) is 8.54. The fraction of sp³-hybridized carbons (Fsp3) is 0.263. The van der Waals surface area contributed by atoms with Crippen molar-refractivity contribution < 1.29 is 32.9 Å². The van der Waals surface area contributed by atoms with Gasteiger partial charge >= 0.3 is 6.18 Å². The molecule has 0 spiro atoms. The summed E-state index contributed by atoms with van der Waals surface area (Å²) in [5.41, 5.74) is -3.52. The van der Waals surface area contributed by atoms with Crippen molar-refractivity contribution in [1.82, 2.24) is 10.6 Å². The van der Waals surface area contributed by atoms with E-state index >= 15 is 0 Å². The molecule has 1 heterocycles. The van der Waals surface area contributed by atoms with Crippen molar-refractivity contribution >= 4 is 39.0 Å². The van der Waals surface area contributed by atoms with Crippen LogP contribution in [0.4, 0.5) is 13.2 Å². The van der Waals surface area contributed by atoms with Crippen LogP contribution in [-0.4, -0.2) is 40.1 Å². The fourth-order valence-corrected chi connectivity index (χ4v) is 4.07. The number of ether oxygens (including phenoxy) is 1. The van der Waals surface area contributed by atoms with E-state index in [-0.39, 0.29) is 27.1 Å². The number of hydrogen-bond donors (Lipinski definition) is 4. The molecule has 2 aromatic rings. The SMILES string of the molecule is COc1cc([C@H]2NC(=S)N[C@@](O)(C(F)(F)F)[C@H]2C(=O)c2ccccc2)cc(Br)c1O. The number of phenolic OH excluding ortho intramolecular Hbond substituents is 1. The lowest BCUT2D eigenvalue weighted by molar-refractivity contribution is -0.285. The van der Waals surface area contributed by atoms with Crippen LogP contribution in [0.5, 0.6) is 11.5 Å². The van der Waals surface area contributed by atoms with E-state index in [2.05, 4.69) is 21.2 Å². The lowest BCUT2D eigenvalue weighted by atomic mass is 9.77. The molecule has 0 radical (unpaired) electrons. The minimum atomic E-state index is -5.23. The van der Waals surface area contributed by atoms with Crippen LogP contribution < -0.4 is 15.4 Å². The van der Waals surface area contributed by atoms with Crippen LogP contribution in [0.25, 0.3) is 0 Å². The predicted molar refractivity (Wildman–Crippen MR) is 109 cm³/mol. The van der Waals surface area contributed by atoms with Crippen molar-refractivity contribution in [3.63, 3.8) is 0 Å². The smallest absolute Gasteiger partial charge is 0.437 e. The first-order valence-corrected chi connectivity index (χ1v) is 9.73. The number of hydrogen-bond acceptors (Lipinski definition) is 5. The number of halogens is 4. The highest BCUT2D eigenvalue weighted by molar-refractivity contribution is 9.10. The normalized spacial score (nSPS) is 24.0. The Morgan fingerprint density at radius 3 is 2.47 bits per heavy atom. The molecule has 0 unspecified atom stereocenters. The maximum Gasteiger partial charge on any atom is 0.437 e. The Morgan fingerprint density at radius 1 is 1.27 bits per heavy atom. The molecule has 1 fully saturated rings. The third-order valence-electron chi connectivity index (χ3n) is 4.78. The lowest BCUT2D eigenvalue weighted by Crippen LogP contribution is -2.72. The van der Waals surface area contributed by atoms with Crippen LogP contribution >= 0.6 is 28.1 Å². The molecule has 1 saturated heterocycles. The number of carbonyl (C=O) groups excluding carboxylic acids is 1. The molecule has 0 bridgehead atoms. The molecular formula is C19H16BrF3N2O4S. The summed E-state index contributed by atoms with van der Waals surface area (Å²) in [7, 11) is 1.27. The third-order valence-corrected chi connectivity index (χ3v) is 5.60. The highest BCUT2D eigenvalue weighted by Gasteiger charge is 2.65. The monoisotopic (exact) mass is 504 g/mol. The molecule has 0 aromatic heterocycles. The van der Waals surface area contributed by atoms with Gasteiger partial charge < -0.3 is 25.6 Å². The Morgan fingerprint density at radius 2 is 1.90 bits per heavy atom. The molecule has 0 amide bonds. The van der Waals surface area contributed by atoms with Crippen molar-refractivity contribution in [2.45, 2.75) is 17.9 Å². The summed E-state index contributed by atoms with van der Waals surface area (Å²) in [5, 5.41) is 24.7. The van der Waals surface area contributed by atoms with Crippen molar-refractivity contribution in [2.75, 3.05) is 7.11 Å². The Balaban J connectivity index is 2.22. The second-order valence-corrected chi connectivity index (χ2v) is 7.86. The van der Waals surface area contributed by atoms with E-state index in [1.165, 1.54) is 43.5 Å². The molecule has 3 rings (SSSR count). The van der Waals surface area contributed by atoms with E-state index in [0.29, 0.717) is 0 Å². The summed E-state index contributed by atoms with van der Waals surface area (Å²) < 4.78 is 47.1. The van der Waals surface area contributed by atoms with E-state index in [1.807, 2.05) is 5.32 Å². The van der Waals surface area contributed by atoms with Gasteiger partial charge in [0.2, 0.25) is 5.72 Å². The molecule has 6 nitrogen and oxygen atoms in total. The maximum atomic E-state index is 14.0. The molecule has 4 N–H and O–H groups in total. The number of benzene rings is 2. The molecule has 1 aliphatic rings. The molecule has 0 aliphatic carbocycles. The molecule has 160 valence electrons. The molecule has 1 aliphatic heterocycles. The van der Waals surface area contributed by atoms with E-state index in [4.69, 9.17) is 17.0 Å². The first-order chi connectivity index (χ1) is 14.0. The second-order valence-electron chi connectivity index (χ2n) is 6.60. The Labute approximate surface area is 183 Å². The zero-order valence-electron chi connectivity index (χ0n) is 15.3. The topological polar surface area (TPSA) is 90.8 Å². The lowest BCUT2D eigenvalue weighted by Gasteiger charge is -2.46. The number of aromatic hydroxyl groups is 1. The van der Waals surface area contributed by atoms with Crippen molar-refractivity contribution in [1.29, 1.82) is 0 Å². The maximum absolute atomic E-state index is 14.0. The quantitative estimate of drug-likeness (QED) is 0.374. The van der Waals surface area contributed by atoms with Crippen molar-refractivity contribution in [2.24, 2.45) is 5.92 Å². The van der Waals surface area contributed by atoms with Gasteiger partial charge in [-0.05, 0) is 45.8 Å². The molecule has 0 saturated carbocycles. The van der Waals surface area contributed by atoms with Gasteiger partial charge in [-0.15, -0.1) is 0 Å². The van der Waals surface area contributed by atoms with Gasteiger partial charge in [-0.2, -0.15) is 13.2 Å². The highest BCUT2D eigenvalue weighted by Crippen LogP contribution is 2.46. The molecule has 11 heteroatoms. The number of rotatable bonds is 4. The summed E-state index contributed by atoms with van der Waals surface area (Å²) in [5.74, 6) is -3.30. The van der Waals surface area contributed by atoms with Crippen LogP contribution in [0.15, 0.2) is 46.9 Å². The van der Waals surface area contributed by atoms with Crippen LogP contribution in [-0.2, 0) is 0 Å². The van der Waals surface area contributed by atoms with E-state index in [1.54, 1.807) is 6.07 Å². The predicted octanol–water partition coefficient (Wildman–Crippen LogP) is 3.43. The minimum Gasteiger partial charge on any atom is -0.503 e. The number of nitrogens with one attached hydrogen (secondary N) is 2. The highest BCUT2D eigenvalue weighted by atomic mass is 79.9. The summed E-state index contributed by atoms with van der Waals surface area (Å²) in [4.78, 5) is 13.2. The van der Waals surface area contributed by atoms with Gasteiger partial charge in [0.25, 0.3) is 0 Å². The zero-order chi connectivity index (χ0) is 22.3.